The molecule has 0 bridgehead atoms. The quantitative estimate of drug-likeness (QED) is 0.929. The summed E-state index contributed by atoms with van der Waals surface area (Å²) < 4.78 is 13.9. The molecule has 3 nitrogen and oxygen atoms in total. The van der Waals surface area contributed by atoms with Gasteiger partial charge in [0.1, 0.15) is 5.82 Å². The van der Waals surface area contributed by atoms with Gasteiger partial charge in [-0.2, -0.15) is 0 Å². The van der Waals surface area contributed by atoms with Crippen LogP contribution in [0, 0.1) is 12.7 Å². The Labute approximate surface area is 118 Å². The summed E-state index contributed by atoms with van der Waals surface area (Å²) in [7, 11) is 1.69. The average Bonchev–Trinajstić information content (AvgIpc) is 2.42. The van der Waals surface area contributed by atoms with E-state index >= 15 is 0 Å². The monoisotopic (exact) mass is 271 g/mol. The minimum absolute atomic E-state index is 0.148. The molecule has 3 rings (SSSR count). The highest BCUT2D eigenvalue weighted by Crippen LogP contribution is 2.47. The first-order chi connectivity index (χ1) is 9.67. The average molecular weight is 271 g/mol. The molecule has 0 spiro atoms. The van der Waals surface area contributed by atoms with Crippen molar-refractivity contribution in [1.82, 2.24) is 9.97 Å². The van der Waals surface area contributed by atoms with Crippen LogP contribution in [0.4, 0.5) is 10.2 Å². The van der Waals surface area contributed by atoms with Gasteiger partial charge in [0.05, 0.1) is 11.1 Å². The van der Waals surface area contributed by atoms with E-state index in [0.717, 1.165) is 25.1 Å². The molecule has 0 atom stereocenters. The summed E-state index contributed by atoms with van der Waals surface area (Å²) in [5.74, 6) is 0.659. The van der Waals surface area contributed by atoms with Crippen LogP contribution in [0.15, 0.2) is 30.3 Å². The van der Waals surface area contributed by atoms with Gasteiger partial charge in [-0.15, -0.1) is 0 Å². The zero-order chi connectivity index (χ0) is 14.2. The minimum Gasteiger partial charge on any atom is -0.371 e. The van der Waals surface area contributed by atoms with Crippen LogP contribution in [0.3, 0.4) is 0 Å². The molecule has 0 radical (unpaired) electrons. The third kappa shape index (κ3) is 1.87. The number of nitrogens with zero attached hydrogens (tertiary/aromatic N) is 2. The predicted molar refractivity (Wildman–Crippen MR) is 77.3 cm³/mol. The molecule has 1 aromatic carbocycles. The fourth-order valence-electron chi connectivity index (χ4n) is 2.87. The van der Waals surface area contributed by atoms with Crippen LogP contribution in [0.25, 0.3) is 0 Å². The Kier molecular flexibility index (Phi) is 3.16. The number of benzene rings is 1. The number of rotatable bonds is 3. The highest BCUT2D eigenvalue weighted by atomic mass is 19.1. The number of nitrogens with one attached hydrogen (secondary N) is 1. The van der Waals surface area contributed by atoms with Crippen LogP contribution in [0.1, 0.15) is 36.3 Å². The topological polar surface area (TPSA) is 37.8 Å². The molecule has 0 saturated heterocycles. The molecule has 1 N–H and O–H groups in total. The standard InChI is InChI=1S/C16H18FN3/c1-11-13(17)14(18-2)20-15(19-11)16(9-6-10-16)12-7-4-3-5-8-12/h3-5,7-8H,6,9-10H2,1-2H3,(H,18,19,20). The van der Waals surface area contributed by atoms with Gasteiger partial charge in [-0.1, -0.05) is 36.8 Å². The van der Waals surface area contributed by atoms with Crippen LogP contribution in [-0.2, 0) is 5.41 Å². The van der Waals surface area contributed by atoms with Crippen molar-refractivity contribution in [2.24, 2.45) is 0 Å². The summed E-state index contributed by atoms with van der Waals surface area (Å²) in [4.78, 5) is 8.85. The van der Waals surface area contributed by atoms with E-state index in [1.54, 1.807) is 14.0 Å². The van der Waals surface area contributed by atoms with E-state index in [0.29, 0.717) is 5.69 Å². The maximum Gasteiger partial charge on any atom is 0.186 e. The fourth-order valence-corrected chi connectivity index (χ4v) is 2.87. The summed E-state index contributed by atoms with van der Waals surface area (Å²) in [5.41, 5.74) is 1.48. The number of hydrogen-bond donors (Lipinski definition) is 1. The summed E-state index contributed by atoms with van der Waals surface area (Å²) in [6.45, 7) is 1.69. The zero-order valence-corrected chi connectivity index (χ0v) is 11.8. The Bertz CT molecular complexity index is 621. The molecule has 0 aliphatic heterocycles. The molecule has 0 amide bonds. The van der Waals surface area contributed by atoms with E-state index in [1.165, 1.54) is 5.56 Å². The molecule has 1 aliphatic carbocycles. The second-order valence-electron chi connectivity index (χ2n) is 5.35. The number of aromatic nitrogens is 2. The minimum atomic E-state index is -0.362. The Morgan fingerprint density at radius 2 is 1.85 bits per heavy atom. The molecule has 1 aliphatic rings. The molecule has 0 unspecified atom stereocenters. The van der Waals surface area contributed by atoms with Crippen molar-refractivity contribution in [2.45, 2.75) is 31.6 Å². The molecule has 1 fully saturated rings. The first kappa shape index (κ1) is 13.0. The third-order valence-electron chi connectivity index (χ3n) is 4.22. The fraction of sp³-hybridized carbons (Fsp3) is 0.375. The van der Waals surface area contributed by atoms with E-state index in [2.05, 4.69) is 27.4 Å². The molecular weight excluding hydrogens is 253 g/mol. The van der Waals surface area contributed by atoms with Crippen LogP contribution >= 0.6 is 0 Å². The smallest absolute Gasteiger partial charge is 0.186 e. The normalized spacial score (nSPS) is 16.6. The molecule has 104 valence electrons. The molecule has 20 heavy (non-hydrogen) atoms. The Morgan fingerprint density at radius 3 is 2.40 bits per heavy atom. The van der Waals surface area contributed by atoms with Crippen molar-refractivity contribution in [2.75, 3.05) is 12.4 Å². The van der Waals surface area contributed by atoms with Crippen LogP contribution in [-0.4, -0.2) is 17.0 Å². The molecule has 2 aromatic rings. The maximum absolute atomic E-state index is 13.9. The third-order valence-corrected chi connectivity index (χ3v) is 4.22. The number of aryl methyl sites for hydroxylation is 1. The highest BCUT2D eigenvalue weighted by Gasteiger charge is 2.43. The van der Waals surface area contributed by atoms with Gasteiger partial charge in [0.2, 0.25) is 0 Å². The molecule has 1 aromatic heterocycles. The zero-order valence-electron chi connectivity index (χ0n) is 11.8. The molecular formula is C16H18FN3. The van der Waals surface area contributed by atoms with Gasteiger partial charge in [-0.05, 0) is 25.3 Å². The van der Waals surface area contributed by atoms with Crippen LogP contribution in [0.2, 0.25) is 0 Å². The van der Waals surface area contributed by atoms with E-state index in [-0.39, 0.29) is 17.1 Å². The lowest BCUT2D eigenvalue weighted by atomic mass is 9.64. The van der Waals surface area contributed by atoms with Crippen molar-refractivity contribution in [1.29, 1.82) is 0 Å². The van der Waals surface area contributed by atoms with Gasteiger partial charge in [0, 0.05) is 7.05 Å². The van der Waals surface area contributed by atoms with Gasteiger partial charge >= 0.3 is 0 Å². The lowest BCUT2D eigenvalue weighted by Gasteiger charge is -2.41. The number of halogens is 1. The van der Waals surface area contributed by atoms with E-state index in [9.17, 15) is 4.39 Å². The van der Waals surface area contributed by atoms with Gasteiger partial charge < -0.3 is 5.32 Å². The van der Waals surface area contributed by atoms with Gasteiger partial charge in [-0.25, -0.2) is 14.4 Å². The van der Waals surface area contributed by atoms with E-state index in [1.807, 2.05) is 18.2 Å². The van der Waals surface area contributed by atoms with Crippen LogP contribution in [0.5, 0.6) is 0 Å². The Morgan fingerprint density at radius 1 is 1.15 bits per heavy atom. The SMILES string of the molecule is CNc1nc(C2(c3ccccc3)CCC2)nc(C)c1F. The highest BCUT2D eigenvalue weighted by molar-refractivity contribution is 5.42. The second-order valence-corrected chi connectivity index (χ2v) is 5.35. The lowest BCUT2D eigenvalue weighted by molar-refractivity contribution is 0.284. The Hall–Kier alpha value is -1.97. The first-order valence-electron chi connectivity index (χ1n) is 6.95. The predicted octanol–water partition coefficient (Wildman–Crippen LogP) is 3.44. The summed E-state index contributed by atoms with van der Waals surface area (Å²) in [6, 6.07) is 10.3. The molecule has 1 heterocycles. The van der Waals surface area contributed by atoms with Crippen LogP contribution < -0.4 is 5.32 Å². The first-order valence-corrected chi connectivity index (χ1v) is 6.95. The van der Waals surface area contributed by atoms with Gasteiger partial charge in [0.15, 0.2) is 11.6 Å². The van der Waals surface area contributed by atoms with Gasteiger partial charge in [-0.3, -0.25) is 0 Å². The van der Waals surface area contributed by atoms with Crippen molar-refractivity contribution in [3.63, 3.8) is 0 Å². The van der Waals surface area contributed by atoms with Crippen molar-refractivity contribution in [3.05, 3.63) is 53.2 Å². The van der Waals surface area contributed by atoms with Crippen molar-refractivity contribution < 1.29 is 4.39 Å². The van der Waals surface area contributed by atoms with E-state index < -0.39 is 0 Å². The van der Waals surface area contributed by atoms with E-state index in [4.69, 9.17) is 0 Å². The number of anilines is 1. The summed E-state index contributed by atoms with van der Waals surface area (Å²) in [6.07, 6.45) is 3.19. The summed E-state index contributed by atoms with van der Waals surface area (Å²) >= 11 is 0. The second kappa shape index (κ2) is 4.85. The maximum atomic E-state index is 13.9. The summed E-state index contributed by atoms with van der Waals surface area (Å²) in [5, 5.41) is 2.82. The van der Waals surface area contributed by atoms with Crippen molar-refractivity contribution >= 4 is 5.82 Å². The largest absolute Gasteiger partial charge is 0.371 e. The molecule has 1 saturated carbocycles. The lowest BCUT2D eigenvalue weighted by Crippen LogP contribution is -2.37. The number of hydrogen-bond acceptors (Lipinski definition) is 3. The Balaban J connectivity index is 2.13. The molecule has 4 heteroatoms. The van der Waals surface area contributed by atoms with Gasteiger partial charge in [0.25, 0.3) is 0 Å². The van der Waals surface area contributed by atoms with Crippen molar-refractivity contribution in [3.8, 4) is 0 Å².